The minimum atomic E-state index is 0.453. The lowest BCUT2D eigenvalue weighted by molar-refractivity contribution is -0.0466. The summed E-state index contributed by atoms with van der Waals surface area (Å²) in [5, 5.41) is 9.44. The molecule has 2 nitrogen and oxygen atoms in total. The van der Waals surface area contributed by atoms with Gasteiger partial charge in [-0.1, -0.05) is 13.8 Å². The molecule has 4 rings (SSSR count). The molecule has 0 aromatic heterocycles. The number of hydrogen-bond acceptors (Lipinski definition) is 2. The Kier molecular flexibility index (Phi) is 3.33. The molecular weight excluding hydrogens is 232 g/mol. The predicted molar refractivity (Wildman–Crippen MR) is 77.1 cm³/mol. The summed E-state index contributed by atoms with van der Waals surface area (Å²) >= 11 is 0. The molecule has 4 aliphatic rings. The SMILES string of the molecule is CC(C)/C=C(\C#N)N(C)C1C2CC3CC(C2)CC1C3. The van der Waals surface area contributed by atoms with Crippen molar-refractivity contribution in [1.29, 1.82) is 5.26 Å². The third kappa shape index (κ3) is 2.29. The second-order valence-electron chi connectivity index (χ2n) is 7.44. The van der Waals surface area contributed by atoms with E-state index in [-0.39, 0.29) is 0 Å². The highest BCUT2D eigenvalue weighted by Gasteiger charge is 2.49. The first-order valence-corrected chi connectivity index (χ1v) is 7.93. The topological polar surface area (TPSA) is 27.0 Å². The summed E-state index contributed by atoms with van der Waals surface area (Å²) in [5.41, 5.74) is 0.896. The fourth-order valence-corrected chi connectivity index (χ4v) is 5.24. The molecule has 2 heteroatoms. The smallest absolute Gasteiger partial charge is 0.117 e. The zero-order valence-electron chi connectivity index (χ0n) is 12.5. The highest BCUT2D eigenvalue weighted by molar-refractivity contribution is 5.22. The lowest BCUT2D eigenvalue weighted by Crippen LogP contribution is -2.54. The van der Waals surface area contributed by atoms with Gasteiger partial charge in [-0.05, 0) is 67.8 Å². The highest BCUT2D eigenvalue weighted by Crippen LogP contribution is 2.55. The van der Waals surface area contributed by atoms with Crippen molar-refractivity contribution in [3.05, 3.63) is 11.8 Å². The quantitative estimate of drug-likeness (QED) is 0.720. The first-order valence-electron chi connectivity index (χ1n) is 7.93. The van der Waals surface area contributed by atoms with E-state index in [1.165, 1.54) is 32.1 Å². The van der Waals surface area contributed by atoms with Crippen LogP contribution in [0.2, 0.25) is 0 Å². The van der Waals surface area contributed by atoms with Crippen LogP contribution in [-0.2, 0) is 0 Å². The molecule has 0 spiro atoms. The van der Waals surface area contributed by atoms with Crippen molar-refractivity contribution >= 4 is 0 Å². The molecule has 104 valence electrons. The second-order valence-corrected chi connectivity index (χ2v) is 7.44. The van der Waals surface area contributed by atoms with Gasteiger partial charge in [0.15, 0.2) is 0 Å². The molecule has 0 aromatic rings. The molecule has 0 radical (unpaired) electrons. The maximum Gasteiger partial charge on any atom is 0.117 e. The van der Waals surface area contributed by atoms with Crippen molar-refractivity contribution in [2.24, 2.45) is 29.6 Å². The summed E-state index contributed by atoms with van der Waals surface area (Å²) in [6.45, 7) is 4.31. The lowest BCUT2D eigenvalue weighted by atomic mass is 9.54. The third-order valence-corrected chi connectivity index (χ3v) is 5.61. The summed E-state index contributed by atoms with van der Waals surface area (Å²) in [5.74, 6) is 4.17. The fourth-order valence-electron chi connectivity index (χ4n) is 5.24. The van der Waals surface area contributed by atoms with Gasteiger partial charge in [-0.25, -0.2) is 0 Å². The molecule has 0 amide bonds. The number of nitriles is 1. The van der Waals surface area contributed by atoms with Gasteiger partial charge in [-0.2, -0.15) is 5.26 Å². The molecule has 0 heterocycles. The normalized spacial score (nSPS) is 40.6. The predicted octanol–water partition coefficient (Wildman–Crippen LogP) is 3.81. The van der Waals surface area contributed by atoms with E-state index in [1.807, 2.05) is 0 Å². The van der Waals surface area contributed by atoms with E-state index in [0.717, 1.165) is 29.4 Å². The van der Waals surface area contributed by atoms with Gasteiger partial charge in [0, 0.05) is 13.1 Å². The lowest BCUT2D eigenvalue weighted by Gasteiger charge is -2.57. The van der Waals surface area contributed by atoms with E-state index in [2.05, 4.69) is 37.9 Å². The van der Waals surface area contributed by atoms with E-state index in [1.54, 1.807) is 0 Å². The minimum absolute atomic E-state index is 0.453. The van der Waals surface area contributed by atoms with Crippen LogP contribution < -0.4 is 0 Å². The van der Waals surface area contributed by atoms with Gasteiger partial charge in [0.2, 0.25) is 0 Å². The standard InChI is InChI=1S/C17H26N2/c1-11(2)4-16(10-18)19(3)17-14-6-12-5-13(8-14)9-15(17)7-12/h4,11-15,17H,5-9H2,1-3H3/b16-4+. The Morgan fingerprint density at radius 3 is 2.05 bits per heavy atom. The van der Waals surface area contributed by atoms with Crippen LogP contribution in [0.25, 0.3) is 0 Å². The van der Waals surface area contributed by atoms with Crippen molar-refractivity contribution in [2.75, 3.05) is 7.05 Å². The molecule has 0 atom stereocenters. The first kappa shape index (κ1) is 13.0. The number of hydrogen-bond donors (Lipinski definition) is 0. The van der Waals surface area contributed by atoms with Crippen LogP contribution in [0.1, 0.15) is 46.0 Å². The van der Waals surface area contributed by atoms with Crippen LogP contribution in [-0.4, -0.2) is 18.0 Å². The maximum atomic E-state index is 9.44. The van der Waals surface area contributed by atoms with E-state index >= 15 is 0 Å². The number of nitrogens with zero attached hydrogens (tertiary/aromatic N) is 2. The Morgan fingerprint density at radius 1 is 1.11 bits per heavy atom. The maximum absolute atomic E-state index is 9.44. The fraction of sp³-hybridized carbons (Fsp3) is 0.824. The highest BCUT2D eigenvalue weighted by atomic mass is 15.2. The van der Waals surface area contributed by atoms with Gasteiger partial charge in [0.05, 0.1) is 0 Å². The first-order chi connectivity index (χ1) is 9.08. The van der Waals surface area contributed by atoms with Crippen molar-refractivity contribution in [2.45, 2.75) is 52.0 Å². The van der Waals surface area contributed by atoms with Gasteiger partial charge in [-0.3, -0.25) is 0 Å². The largest absolute Gasteiger partial charge is 0.363 e. The summed E-state index contributed by atoms with van der Waals surface area (Å²) < 4.78 is 0. The molecule has 0 unspecified atom stereocenters. The molecular formula is C17H26N2. The van der Waals surface area contributed by atoms with E-state index < -0.39 is 0 Å². The van der Waals surface area contributed by atoms with Gasteiger partial charge in [-0.15, -0.1) is 0 Å². The van der Waals surface area contributed by atoms with Crippen LogP contribution in [0.4, 0.5) is 0 Å². The average Bonchev–Trinajstić information content (AvgIpc) is 2.34. The summed E-state index contributed by atoms with van der Waals surface area (Å²) in [7, 11) is 2.16. The molecule has 4 bridgehead atoms. The van der Waals surface area contributed by atoms with Gasteiger partial charge >= 0.3 is 0 Å². The van der Waals surface area contributed by atoms with Gasteiger partial charge in [0.25, 0.3) is 0 Å². The Morgan fingerprint density at radius 2 is 1.63 bits per heavy atom. The van der Waals surface area contributed by atoms with Crippen LogP contribution in [0.5, 0.6) is 0 Å². The summed E-state index contributed by atoms with van der Waals surface area (Å²) in [4.78, 5) is 2.33. The Hall–Kier alpha value is -0.970. The van der Waals surface area contributed by atoms with Crippen LogP contribution in [0.3, 0.4) is 0 Å². The number of rotatable bonds is 3. The molecule has 0 aliphatic heterocycles. The van der Waals surface area contributed by atoms with Crippen molar-refractivity contribution in [1.82, 2.24) is 4.90 Å². The third-order valence-electron chi connectivity index (χ3n) is 5.61. The Balaban J connectivity index is 1.80. The molecule has 4 saturated carbocycles. The molecule has 4 aliphatic carbocycles. The summed E-state index contributed by atoms with van der Waals surface area (Å²) in [6.07, 6.45) is 9.30. The molecule has 4 fully saturated rings. The van der Waals surface area contributed by atoms with Crippen molar-refractivity contribution < 1.29 is 0 Å². The zero-order valence-corrected chi connectivity index (χ0v) is 12.5. The monoisotopic (exact) mass is 258 g/mol. The average molecular weight is 258 g/mol. The summed E-state index contributed by atoms with van der Waals surface area (Å²) in [6, 6.07) is 3.07. The van der Waals surface area contributed by atoms with E-state index in [0.29, 0.717) is 12.0 Å². The molecule has 0 N–H and O–H groups in total. The van der Waals surface area contributed by atoms with Crippen molar-refractivity contribution in [3.63, 3.8) is 0 Å². The van der Waals surface area contributed by atoms with Crippen LogP contribution in [0, 0.1) is 40.9 Å². The number of allylic oxidation sites excluding steroid dienone is 2. The second kappa shape index (κ2) is 4.85. The zero-order chi connectivity index (χ0) is 13.6. The van der Waals surface area contributed by atoms with Gasteiger partial charge < -0.3 is 4.90 Å². The molecule has 19 heavy (non-hydrogen) atoms. The molecule has 0 saturated heterocycles. The van der Waals surface area contributed by atoms with Crippen LogP contribution >= 0.6 is 0 Å². The Bertz CT molecular complexity index is 387. The Labute approximate surface area is 117 Å². The van der Waals surface area contributed by atoms with E-state index in [9.17, 15) is 5.26 Å². The molecule has 0 aromatic carbocycles. The van der Waals surface area contributed by atoms with Crippen LogP contribution in [0.15, 0.2) is 11.8 Å². The van der Waals surface area contributed by atoms with Crippen molar-refractivity contribution in [3.8, 4) is 6.07 Å². The minimum Gasteiger partial charge on any atom is -0.363 e. The van der Waals surface area contributed by atoms with E-state index in [4.69, 9.17) is 0 Å². The van der Waals surface area contributed by atoms with Gasteiger partial charge in [0.1, 0.15) is 11.8 Å².